The third-order valence-electron chi connectivity index (χ3n) is 4.55. The monoisotopic (exact) mass is 297 g/mol. The van der Waals surface area contributed by atoms with Gasteiger partial charge in [-0.05, 0) is 46.7 Å². The molecule has 0 aliphatic rings. The molecule has 1 nitrogen and oxygen atoms in total. The lowest BCUT2D eigenvalue weighted by Crippen LogP contribution is -2.15. The van der Waals surface area contributed by atoms with Gasteiger partial charge in [0.1, 0.15) is 0 Å². The van der Waals surface area contributed by atoms with Crippen molar-refractivity contribution in [3.05, 3.63) is 47.0 Å². The number of aryl methyl sites for hydroxylation is 1. The molecule has 0 amide bonds. The second-order valence-electron chi connectivity index (χ2n) is 6.40. The third-order valence-corrected chi connectivity index (χ3v) is 4.55. The molecule has 0 radical (unpaired) electrons. The maximum atomic E-state index is 6.64. The highest BCUT2D eigenvalue weighted by Gasteiger charge is 2.17. The first kappa shape index (κ1) is 17.0. The highest BCUT2D eigenvalue weighted by atomic mass is 14.6. The Hall–Kier alpha value is -1.34. The summed E-state index contributed by atoms with van der Waals surface area (Å²) < 4.78 is 0. The van der Waals surface area contributed by atoms with Crippen LogP contribution >= 0.6 is 0 Å². The molecule has 1 heteroatoms. The summed E-state index contributed by atoms with van der Waals surface area (Å²) >= 11 is 0. The molecule has 2 aromatic carbocycles. The van der Waals surface area contributed by atoms with Crippen molar-refractivity contribution in [1.82, 2.24) is 0 Å². The zero-order valence-corrected chi connectivity index (χ0v) is 14.5. The molecule has 2 N–H and O–H groups in total. The van der Waals surface area contributed by atoms with Gasteiger partial charge in [0, 0.05) is 6.04 Å². The maximum absolute atomic E-state index is 6.64. The van der Waals surface area contributed by atoms with E-state index in [9.17, 15) is 0 Å². The van der Waals surface area contributed by atoms with Crippen molar-refractivity contribution in [2.45, 2.75) is 71.8 Å². The van der Waals surface area contributed by atoms with Gasteiger partial charge in [0.25, 0.3) is 0 Å². The van der Waals surface area contributed by atoms with Gasteiger partial charge in [0.2, 0.25) is 0 Å². The number of fused-ring (bicyclic) bond motifs is 1. The average molecular weight is 297 g/mol. The van der Waals surface area contributed by atoms with E-state index in [2.05, 4.69) is 51.1 Å². The molecular formula is C21H31N. The molecule has 0 aliphatic heterocycles. The summed E-state index contributed by atoms with van der Waals surface area (Å²) in [5.41, 5.74) is 11.1. The molecule has 0 aromatic heterocycles. The van der Waals surface area contributed by atoms with E-state index < -0.39 is 0 Å². The third kappa shape index (κ3) is 3.70. The Labute approximate surface area is 135 Å². The topological polar surface area (TPSA) is 26.0 Å². The smallest absolute Gasteiger partial charge is 0.0303 e. The van der Waals surface area contributed by atoms with Crippen LogP contribution in [0.1, 0.15) is 75.6 Å². The first-order valence-electron chi connectivity index (χ1n) is 9.01. The second kappa shape index (κ2) is 8.33. The van der Waals surface area contributed by atoms with E-state index in [4.69, 9.17) is 5.73 Å². The minimum atomic E-state index is 0.170. The van der Waals surface area contributed by atoms with E-state index >= 15 is 0 Å². The first-order chi connectivity index (χ1) is 10.7. The lowest BCUT2D eigenvalue weighted by Gasteiger charge is -2.22. The Morgan fingerprint density at radius 1 is 0.955 bits per heavy atom. The summed E-state index contributed by atoms with van der Waals surface area (Å²) in [5, 5.41) is 2.72. The molecule has 22 heavy (non-hydrogen) atoms. The summed E-state index contributed by atoms with van der Waals surface area (Å²) in [5.74, 6) is 0. The Bertz CT molecular complexity index is 600. The van der Waals surface area contributed by atoms with Gasteiger partial charge in [0.05, 0.1) is 0 Å². The van der Waals surface area contributed by atoms with E-state index in [1.807, 2.05) is 0 Å². The molecule has 0 saturated carbocycles. The number of benzene rings is 2. The summed E-state index contributed by atoms with van der Waals surface area (Å²) in [6.07, 6.45) is 8.19. The van der Waals surface area contributed by atoms with Crippen LogP contribution in [0.25, 0.3) is 10.8 Å². The van der Waals surface area contributed by atoms with Gasteiger partial charge in [-0.1, -0.05) is 76.8 Å². The summed E-state index contributed by atoms with van der Waals surface area (Å²) in [7, 11) is 0. The Morgan fingerprint density at radius 3 is 2.36 bits per heavy atom. The predicted molar refractivity (Wildman–Crippen MR) is 98.4 cm³/mol. The molecule has 0 bridgehead atoms. The standard InChI is InChI=1S/C21H31N/c1-4-7-14-20(22)21-18(11-6-3)16(10-5-2)15-17-12-8-9-13-19(17)21/h8-9,12-13,15,20H,4-7,10-11,14,22H2,1-3H3. The Balaban J connectivity index is 2.62. The Kier molecular flexibility index (Phi) is 6.45. The van der Waals surface area contributed by atoms with Gasteiger partial charge in [-0.25, -0.2) is 0 Å². The fourth-order valence-electron chi connectivity index (χ4n) is 3.51. The lowest BCUT2D eigenvalue weighted by atomic mass is 9.85. The van der Waals surface area contributed by atoms with Crippen LogP contribution in [0.2, 0.25) is 0 Å². The molecule has 120 valence electrons. The number of hydrogen-bond acceptors (Lipinski definition) is 1. The number of rotatable bonds is 8. The van der Waals surface area contributed by atoms with Crippen molar-refractivity contribution in [2.24, 2.45) is 5.73 Å². The minimum Gasteiger partial charge on any atom is -0.324 e. The predicted octanol–water partition coefficient (Wildman–Crippen LogP) is 5.93. The minimum absolute atomic E-state index is 0.170. The average Bonchev–Trinajstić information content (AvgIpc) is 2.53. The van der Waals surface area contributed by atoms with Crippen LogP contribution in [0.15, 0.2) is 30.3 Å². The van der Waals surface area contributed by atoms with Gasteiger partial charge in [-0.3, -0.25) is 0 Å². The molecule has 0 saturated heterocycles. The fourth-order valence-corrected chi connectivity index (χ4v) is 3.51. The molecule has 0 spiro atoms. The largest absolute Gasteiger partial charge is 0.324 e. The van der Waals surface area contributed by atoms with Gasteiger partial charge >= 0.3 is 0 Å². The van der Waals surface area contributed by atoms with Gasteiger partial charge in [-0.15, -0.1) is 0 Å². The zero-order valence-electron chi connectivity index (χ0n) is 14.5. The van der Waals surface area contributed by atoms with E-state index in [0.717, 1.165) is 19.3 Å². The van der Waals surface area contributed by atoms with Crippen molar-refractivity contribution < 1.29 is 0 Å². The van der Waals surface area contributed by atoms with E-state index in [-0.39, 0.29) is 6.04 Å². The molecule has 2 rings (SSSR count). The van der Waals surface area contributed by atoms with Crippen molar-refractivity contribution in [3.8, 4) is 0 Å². The van der Waals surface area contributed by atoms with E-state index in [1.54, 1.807) is 0 Å². The summed E-state index contributed by atoms with van der Waals surface area (Å²) in [6.45, 7) is 6.78. The van der Waals surface area contributed by atoms with Crippen LogP contribution in [0.4, 0.5) is 0 Å². The number of hydrogen-bond donors (Lipinski definition) is 1. The highest BCUT2D eigenvalue weighted by Crippen LogP contribution is 2.33. The summed E-state index contributed by atoms with van der Waals surface area (Å²) in [4.78, 5) is 0. The quantitative estimate of drug-likeness (QED) is 0.641. The SMILES string of the molecule is CCCCC(N)c1c(CCC)c(CCC)cc2ccccc12. The van der Waals surface area contributed by atoms with Crippen LogP contribution in [-0.4, -0.2) is 0 Å². The zero-order chi connectivity index (χ0) is 15.9. The highest BCUT2D eigenvalue weighted by molar-refractivity contribution is 5.88. The van der Waals surface area contributed by atoms with E-state index in [1.165, 1.54) is 53.1 Å². The van der Waals surface area contributed by atoms with Gasteiger partial charge < -0.3 is 5.73 Å². The lowest BCUT2D eigenvalue weighted by molar-refractivity contribution is 0.600. The van der Waals surface area contributed by atoms with Crippen LogP contribution in [-0.2, 0) is 12.8 Å². The van der Waals surface area contributed by atoms with Crippen LogP contribution < -0.4 is 5.73 Å². The number of unbranched alkanes of at least 4 members (excludes halogenated alkanes) is 1. The molecule has 1 unspecified atom stereocenters. The molecule has 1 atom stereocenters. The van der Waals surface area contributed by atoms with Gasteiger partial charge in [0.15, 0.2) is 0 Å². The van der Waals surface area contributed by atoms with Gasteiger partial charge in [-0.2, -0.15) is 0 Å². The van der Waals surface area contributed by atoms with Crippen LogP contribution in [0, 0.1) is 0 Å². The first-order valence-corrected chi connectivity index (χ1v) is 9.01. The van der Waals surface area contributed by atoms with Crippen molar-refractivity contribution in [3.63, 3.8) is 0 Å². The molecule has 0 aliphatic carbocycles. The molecule has 0 fully saturated rings. The summed E-state index contributed by atoms with van der Waals surface area (Å²) in [6, 6.07) is 11.3. The molecule has 0 heterocycles. The number of nitrogens with two attached hydrogens (primary N) is 1. The molecular weight excluding hydrogens is 266 g/mol. The Morgan fingerprint density at radius 2 is 1.68 bits per heavy atom. The van der Waals surface area contributed by atoms with Crippen molar-refractivity contribution in [2.75, 3.05) is 0 Å². The van der Waals surface area contributed by atoms with Crippen LogP contribution in [0.3, 0.4) is 0 Å². The van der Waals surface area contributed by atoms with E-state index in [0.29, 0.717) is 0 Å². The van der Waals surface area contributed by atoms with Crippen molar-refractivity contribution in [1.29, 1.82) is 0 Å². The van der Waals surface area contributed by atoms with Crippen LogP contribution in [0.5, 0.6) is 0 Å². The maximum Gasteiger partial charge on any atom is 0.0303 e. The fraction of sp³-hybridized carbons (Fsp3) is 0.524. The second-order valence-corrected chi connectivity index (χ2v) is 6.40. The van der Waals surface area contributed by atoms with Crippen molar-refractivity contribution >= 4 is 10.8 Å². The molecule has 2 aromatic rings. The normalized spacial score (nSPS) is 12.7.